The van der Waals surface area contributed by atoms with E-state index in [1.807, 2.05) is 6.07 Å². The van der Waals surface area contributed by atoms with Crippen LogP contribution in [0.5, 0.6) is 17.2 Å². The number of imide groups is 1. The van der Waals surface area contributed by atoms with E-state index in [2.05, 4.69) is 21.2 Å². The van der Waals surface area contributed by atoms with Crippen molar-refractivity contribution in [2.24, 2.45) is 0 Å². The fourth-order valence-corrected chi connectivity index (χ4v) is 4.83. The maximum atomic E-state index is 12.9. The number of amides is 3. The van der Waals surface area contributed by atoms with Gasteiger partial charge in [0.05, 0.1) is 29.2 Å². The summed E-state index contributed by atoms with van der Waals surface area (Å²) in [6.07, 6.45) is 1.50. The molecule has 0 spiro atoms. The van der Waals surface area contributed by atoms with Gasteiger partial charge >= 0.3 is 5.97 Å². The van der Waals surface area contributed by atoms with Crippen LogP contribution in [0, 0.1) is 0 Å². The van der Waals surface area contributed by atoms with Crippen LogP contribution in [0.4, 0.5) is 10.5 Å². The highest BCUT2D eigenvalue weighted by atomic mass is 79.9. The second-order valence-corrected chi connectivity index (χ2v) is 9.68. The Morgan fingerprint density at radius 1 is 1.00 bits per heavy atom. The predicted octanol–water partition coefficient (Wildman–Crippen LogP) is 5.36. The number of carbonyl (C=O) groups excluding carboxylic acids is 4. The first kappa shape index (κ1) is 27.0. The summed E-state index contributed by atoms with van der Waals surface area (Å²) in [6.45, 7) is -0.413. The normalized spacial score (nSPS) is 14.0. The lowest BCUT2D eigenvalue weighted by molar-refractivity contribution is -0.127. The Morgan fingerprint density at radius 3 is 2.37 bits per heavy atom. The van der Waals surface area contributed by atoms with E-state index in [-0.39, 0.29) is 16.4 Å². The molecule has 194 valence electrons. The summed E-state index contributed by atoms with van der Waals surface area (Å²) in [5.74, 6) is -0.703. The van der Waals surface area contributed by atoms with Crippen LogP contribution >= 0.6 is 27.7 Å². The minimum atomic E-state index is -0.602. The van der Waals surface area contributed by atoms with Crippen molar-refractivity contribution in [2.75, 3.05) is 26.1 Å². The smallest absolute Gasteiger partial charge is 0.343 e. The van der Waals surface area contributed by atoms with E-state index in [0.29, 0.717) is 27.0 Å². The van der Waals surface area contributed by atoms with E-state index in [9.17, 15) is 19.2 Å². The average molecular weight is 597 g/mol. The van der Waals surface area contributed by atoms with E-state index in [0.717, 1.165) is 16.7 Å². The van der Waals surface area contributed by atoms with Gasteiger partial charge in [0.2, 0.25) is 5.91 Å². The number of carbonyl (C=O) groups is 4. The molecule has 0 saturated carbocycles. The number of para-hydroxylation sites is 1. The standard InChI is InChI=1S/C27H21BrN2O7S/c1-35-19-10-8-17(9-11-19)26(33)37-24-20(28)12-16(13-21(24)36-2)14-22-25(32)30(27(34)38-22)15-23(31)29-18-6-4-3-5-7-18/h3-14H,15H2,1-2H3,(H,29,31)/b22-14-. The minimum Gasteiger partial charge on any atom is -0.497 e. The fraction of sp³-hybridized carbons (Fsp3) is 0.111. The molecule has 1 aliphatic rings. The number of rotatable bonds is 8. The molecule has 0 atom stereocenters. The SMILES string of the molecule is COc1ccc(C(=O)Oc2c(Br)cc(/C=C3\SC(=O)N(CC(=O)Nc4ccccc4)C3=O)cc2OC)cc1. The number of hydrogen-bond acceptors (Lipinski definition) is 8. The average Bonchev–Trinajstić information content (AvgIpc) is 3.17. The zero-order chi connectivity index (χ0) is 27.2. The number of hydrogen-bond donors (Lipinski definition) is 1. The molecule has 3 aromatic rings. The highest BCUT2D eigenvalue weighted by Gasteiger charge is 2.36. The topological polar surface area (TPSA) is 111 Å². The fourth-order valence-electron chi connectivity index (χ4n) is 3.45. The van der Waals surface area contributed by atoms with Gasteiger partial charge in [0, 0.05) is 5.69 Å². The molecule has 0 radical (unpaired) electrons. The Balaban J connectivity index is 1.49. The quantitative estimate of drug-likeness (QED) is 0.210. The van der Waals surface area contributed by atoms with Gasteiger partial charge in [-0.15, -0.1) is 0 Å². The number of nitrogens with zero attached hydrogens (tertiary/aromatic N) is 1. The number of halogens is 1. The van der Waals surface area contributed by atoms with E-state index in [1.165, 1.54) is 20.3 Å². The van der Waals surface area contributed by atoms with Crippen LogP contribution in [-0.2, 0) is 9.59 Å². The molecular weight excluding hydrogens is 576 g/mol. The molecule has 11 heteroatoms. The first-order chi connectivity index (χ1) is 18.3. The van der Waals surface area contributed by atoms with Crippen molar-refractivity contribution in [1.29, 1.82) is 0 Å². The van der Waals surface area contributed by atoms with E-state index in [1.54, 1.807) is 60.7 Å². The van der Waals surface area contributed by atoms with Gasteiger partial charge in [-0.05, 0) is 87.9 Å². The van der Waals surface area contributed by atoms with Crippen molar-refractivity contribution in [1.82, 2.24) is 4.90 Å². The summed E-state index contributed by atoms with van der Waals surface area (Å²) in [6, 6.07) is 18.4. The lowest BCUT2D eigenvalue weighted by Gasteiger charge is -2.13. The van der Waals surface area contributed by atoms with Gasteiger partial charge in [-0.3, -0.25) is 19.3 Å². The molecule has 1 fully saturated rings. The second kappa shape index (κ2) is 12.0. The molecule has 0 aromatic heterocycles. The van der Waals surface area contributed by atoms with E-state index >= 15 is 0 Å². The number of thioether (sulfide) groups is 1. The van der Waals surface area contributed by atoms with Crippen molar-refractivity contribution in [2.45, 2.75) is 0 Å². The summed E-state index contributed by atoms with van der Waals surface area (Å²) in [7, 11) is 2.94. The lowest BCUT2D eigenvalue weighted by Crippen LogP contribution is -2.36. The van der Waals surface area contributed by atoms with E-state index < -0.39 is 29.6 Å². The summed E-state index contributed by atoms with van der Waals surface area (Å²) in [5, 5.41) is 2.10. The third-order valence-electron chi connectivity index (χ3n) is 5.30. The van der Waals surface area contributed by atoms with Crippen LogP contribution in [0.3, 0.4) is 0 Å². The molecule has 0 unspecified atom stereocenters. The maximum Gasteiger partial charge on any atom is 0.343 e. The number of ether oxygens (including phenoxy) is 3. The van der Waals surface area contributed by atoms with Crippen molar-refractivity contribution >= 4 is 62.5 Å². The molecule has 0 aliphatic carbocycles. The van der Waals surface area contributed by atoms with Crippen LogP contribution in [0.1, 0.15) is 15.9 Å². The van der Waals surface area contributed by atoms with Crippen LogP contribution in [0.15, 0.2) is 76.1 Å². The second-order valence-electron chi connectivity index (χ2n) is 7.83. The highest BCUT2D eigenvalue weighted by molar-refractivity contribution is 9.10. The van der Waals surface area contributed by atoms with Crippen molar-refractivity contribution < 1.29 is 33.4 Å². The molecule has 1 heterocycles. The Labute approximate surface area is 230 Å². The molecule has 3 amide bonds. The van der Waals surface area contributed by atoms with E-state index in [4.69, 9.17) is 14.2 Å². The lowest BCUT2D eigenvalue weighted by atomic mass is 10.1. The largest absolute Gasteiger partial charge is 0.497 e. The number of anilines is 1. The summed E-state index contributed by atoms with van der Waals surface area (Å²) in [5.41, 5.74) is 1.38. The zero-order valence-corrected chi connectivity index (χ0v) is 22.6. The van der Waals surface area contributed by atoms with Crippen molar-refractivity contribution in [3.8, 4) is 17.2 Å². The van der Waals surface area contributed by atoms with Crippen LogP contribution in [-0.4, -0.2) is 48.7 Å². The number of nitrogens with one attached hydrogen (secondary N) is 1. The molecule has 9 nitrogen and oxygen atoms in total. The highest BCUT2D eigenvalue weighted by Crippen LogP contribution is 2.39. The molecule has 0 bridgehead atoms. The number of methoxy groups -OCH3 is 2. The molecule has 38 heavy (non-hydrogen) atoms. The zero-order valence-electron chi connectivity index (χ0n) is 20.2. The molecule has 1 saturated heterocycles. The summed E-state index contributed by atoms with van der Waals surface area (Å²) >= 11 is 4.11. The van der Waals surface area contributed by atoms with Gasteiger partial charge in [-0.2, -0.15) is 0 Å². The molecule has 3 aromatic carbocycles. The maximum absolute atomic E-state index is 12.9. The van der Waals surface area contributed by atoms with Crippen LogP contribution < -0.4 is 19.5 Å². The first-order valence-electron chi connectivity index (χ1n) is 11.1. The van der Waals surface area contributed by atoms with Gasteiger partial charge in [0.15, 0.2) is 11.5 Å². The van der Waals surface area contributed by atoms with Gasteiger partial charge in [0.1, 0.15) is 12.3 Å². The summed E-state index contributed by atoms with van der Waals surface area (Å²) in [4.78, 5) is 51.4. The predicted molar refractivity (Wildman–Crippen MR) is 146 cm³/mol. The van der Waals surface area contributed by atoms with Crippen LogP contribution in [0.25, 0.3) is 6.08 Å². The number of esters is 1. The van der Waals surface area contributed by atoms with Gasteiger partial charge in [0.25, 0.3) is 11.1 Å². The summed E-state index contributed by atoms with van der Waals surface area (Å²) < 4.78 is 16.4. The molecule has 1 aliphatic heterocycles. The molecular formula is C27H21BrN2O7S. The van der Waals surface area contributed by atoms with Crippen molar-refractivity contribution in [3.63, 3.8) is 0 Å². The minimum absolute atomic E-state index is 0.138. The monoisotopic (exact) mass is 596 g/mol. The third kappa shape index (κ3) is 6.24. The first-order valence-corrected chi connectivity index (χ1v) is 12.7. The number of benzene rings is 3. The molecule has 1 N–H and O–H groups in total. The van der Waals surface area contributed by atoms with Crippen LogP contribution in [0.2, 0.25) is 0 Å². The Kier molecular flexibility index (Phi) is 8.49. The third-order valence-corrected chi connectivity index (χ3v) is 6.80. The van der Waals surface area contributed by atoms with Gasteiger partial charge < -0.3 is 19.5 Å². The Bertz CT molecular complexity index is 1430. The Morgan fingerprint density at radius 2 is 1.71 bits per heavy atom. The van der Waals surface area contributed by atoms with Gasteiger partial charge in [-0.25, -0.2) is 4.79 Å². The molecule has 4 rings (SSSR count). The Hall–Kier alpha value is -4.09. The van der Waals surface area contributed by atoms with Gasteiger partial charge in [-0.1, -0.05) is 18.2 Å². The van der Waals surface area contributed by atoms with Crippen molar-refractivity contribution in [3.05, 3.63) is 87.2 Å².